The van der Waals surface area contributed by atoms with Gasteiger partial charge in [-0.25, -0.2) is 9.97 Å². The van der Waals surface area contributed by atoms with Gasteiger partial charge in [0.1, 0.15) is 11.0 Å². The van der Waals surface area contributed by atoms with Crippen molar-refractivity contribution in [1.82, 2.24) is 9.97 Å². The van der Waals surface area contributed by atoms with Crippen molar-refractivity contribution < 1.29 is 0 Å². The van der Waals surface area contributed by atoms with Gasteiger partial charge in [0.25, 0.3) is 0 Å². The molecule has 0 N–H and O–H groups in total. The molecular formula is C11H10Cl2N2S. The van der Waals surface area contributed by atoms with E-state index in [1.165, 1.54) is 0 Å². The maximum atomic E-state index is 6.10. The molecule has 2 nitrogen and oxygen atoms in total. The number of hydrogen-bond donors (Lipinski definition) is 0. The first kappa shape index (κ1) is 11.8. The highest BCUT2D eigenvalue weighted by molar-refractivity contribution is 7.14. The molecule has 0 unspecified atom stereocenters. The normalized spacial score (nSPS) is 10.8. The monoisotopic (exact) mass is 272 g/mol. The molecular weight excluding hydrogens is 263 g/mol. The molecule has 0 bridgehead atoms. The molecule has 2 rings (SSSR count). The standard InChI is InChI=1S/C11H10Cl2N2S/c1-3-8-14-9(6(2)11(13)15-8)10-7(12)4-5-16-10/h4-5H,3H2,1-2H3. The lowest BCUT2D eigenvalue weighted by atomic mass is 10.2. The van der Waals surface area contributed by atoms with Crippen molar-refractivity contribution in [3.05, 3.63) is 33.0 Å². The molecule has 0 aliphatic carbocycles. The van der Waals surface area contributed by atoms with Crippen LogP contribution in [0.5, 0.6) is 0 Å². The van der Waals surface area contributed by atoms with Crippen LogP contribution in [0.25, 0.3) is 10.6 Å². The number of aryl methyl sites for hydroxylation is 1. The number of nitrogens with zero attached hydrogens (tertiary/aromatic N) is 2. The van der Waals surface area contributed by atoms with Gasteiger partial charge < -0.3 is 0 Å². The summed E-state index contributed by atoms with van der Waals surface area (Å²) in [6.07, 6.45) is 0.760. The van der Waals surface area contributed by atoms with Crippen molar-refractivity contribution in [2.24, 2.45) is 0 Å². The average molecular weight is 273 g/mol. The fourth-order valence-corrected chi connectivity index (χ4v) is 2.75. The highest BCUT2D eigenvalue weighted by Gasteiger charge is 2.14. The zero-order chi connectivity index (χ0) is 11.7. The minimum absolute atomic E-state index is 0.506. The summed E-state index contributed by atoms with van der Waals surface area (Å²) in [5, 5.41) is 3.16. The second-order valence-electron chi connectivity index (χ2n) is 3.36. The van der Waals surface area contributed by atoms with E-state index in [-0.39, 0.29) is 0 Å². The molecule has 0 aliphatic rings. The molecule has 2 heterocycles. The Labute approximate surface area is 108 Å². The lowest BCUT2D eigenvalue weighted by Gasteiger charge is -2.07. The number of rotatable bonds is 2. The molecule has 0 aliphatic heterocycles. The molecule has 2 aromatic heterocycles. The van der Waals surface area contributed by atoms with Crippen LogP contribution in [0.3, 0.4) is 0 Å². The van der Waals surface area contributed by atoms with E-state index in [0.717, 1.165) is 28.4 Å². The first-order valence-electron chi connectivity index (χ1n) is 4.89. The number of thiophene rings is 1. The third-order valence-corrected chi connectivity index (χ3v) is 4.00. The van der Waals surface area contributed by atoms with Crippen molar-refractivity contribution in [3.63, 3.8) is 0 Å². The molecule has 0 amide bonds. The SMILES string of the molecule is CCc1nc(Cl)c(C)c(-c2sccc2Cl)n1. The Hall–Kier alpha value is -0.640. The molecule has 0 spiro atoms. The summed E-state index contributed by atoms with van der Waals surface area (Å²) in [6, 6.07) is 1.86. The van der Waals surface area contributed by atoms with Crippen molar-refractivity contribution in [1.29, 1.82) is 0 Å². The van der Waals surface area contributed by atoms with E-state index in [9.17, 15) is 0 Å². The summed E-state index contributed by atoms with van der Waals surface area (Å²) in [4.78, 5) is 9.65. The second kappa shape index (κ2) is 4.70. The zero-order valence-electron chi connectivity index (χ0n) is 8.92. The Morgan fingerprint density at radius 1 is 1.31 bits per heavy atom. The molecule has 0 aromatic carbocycles. The van der Waals surface area contributed by atoms with Crippen LogP contribution >= 0.6 is 34.5 Å². The molecule has 5 heteroatoms. The zero-order valence-corrected chi connectivity index (χ0v) is 11.2. The Balaban J connectivity index is 2.64. The Kier molecular flexibility index (Phi) is 3.47. The third-order valence-electron chi connectivity index (χ3n) is 2.28. The number of halogens is 2. The number of aromatic nitrogens is 2. The third kappa shape index (κ3) is 2.08. The van der Waals surface area contributed by atoms with Crippen molar-refractivity contribution in [2.75, 3.05) is 0 Å². The summed E-state index contributed by atoms with van der Waals surface area (Å²) < 4.78 is 0. The van der Waals surface area contributed by atoms with Gasteiger partial charge in [0.2, 0.25) is 0 Å². The van der Waals surface area contributed by atoms with Gasteiger partial charge in [0.15, 0.2) is 0 Å². The lowest BCUT2D eigenvalue weighted by molar-refractivity contribution is 0.935. The van der Waals surface area contributed by atoms with Gasteiger partial charge in [0, 0.05) is 12.0 Å². The van der Waals surface area contributed by atoms with Crippen molar-refractivity contribution in [2.45, 2.75) is 20.3 Å². The first-order valence-corrected chi connectivity index (χ1v) is 6.53. The number of hydrogen-bond acceptors (Lipinski definition) is 3. The summed E-state index contributed by atoms with van der Waals surface area (Å²) in [7, 11) is 0. The summed E-state index contributed by atoms with van der Waals surface area (Å²) >= 11 is 13.7. The first-order chi connectivity index (χ1) is 7.63. The average Bonchev–Trinajstić information content (AvgIpc) is 2.68. The Bertz CT molecular complexity index is 523. The van der Waals surface area contributed by atoms with Crippen LogP contribution in [0.15, 0.2) is 11.4 Å². The quantitative estimate of drug-likeness (QED) is 0.759. The molecule has 0 saturated carbocycles. The van der Waals surface area contributed by atoms with Gasteiger partial charge in [-0.2, -0.15) is 0 Å². The molecule has 16 heavy (non-hydrogen) atoms. The maximum Gasteiger partial charge on any atom is 0.136 e. The topological polar surface area (TPSA) is 25.8 Å². The van der Waals surface area contributed by atoms with Gasteiger partial charge in [0.05, 0.1) is 15.6 Å². The van der Waals surface area contributed by atoms with Crippen molar-refractivity contribution >= 4 is 34.5 Å². The molecule has 0 fully saturated rings. The van der Waals surface area contributed by atoms with Crippen LogP contribution in [-0.2, 0) is 6.42 Å². The predicted molar refractivity (Wildman–Crippen MR) is 69.5 cm³/mol. The highest BCUT2D eigenvalue weighted by atomic mass is 35.5. The van der Waals surface area contributed by atoms with Gasteiger partial charge in [-0.15, -0.1) is 11.3 Å². The van der Waals surface area contributed by atoms with Gasteiger partial charge in [-0.05, 0) is 18.4 Å². The minimum atomic E-state index is 0.506. The van der Waals surface area contributed by atoms with E-state index in [4.69, 9.17) is 23.2 Å². The Morgan fingerprint density at radius 3 is 2.62 bits per heavy atom. The summed E-state index contributed by atoms with van der Waals surface area (Å²) in [5.41, 5.74) is 1.72. The second-order valence-corrected chi connectivity index (χ2v) is 5.04. The van der Waals surface area contributed by atoms with E-state index in [0.29, 0.717) is 10.2 Å². The van der Waals surface area contributed by atoms with E-state index < -0.39 is 0 Å². The maximum absolute atomic E-state index is 6.10. The van der Waals surface area contributed by atoms with Crippen LogP contribution in [0.1, 0.15) is 18.3 Å². The van der Waals surface area contributed by atoms with Crippen LogP contribution in [0, 0.1) is 6.92 Å². The van der Waals surface area contributed by atoms with Crippen LogP contribution < -0.4 is 0 Å². The minimum Gasteiger partial charge on any atom is -0.232 e. The fourth-order valence-electron chi connectivity index (χ4n) is 1.37. The molecule has 2 aromatic rings. The van der Waals surface area contributed by atoms with Crippen LogP contribution in [0.4, 0.5) is 0 Å². The van der Waals surface area contributed by atoms with E-state index in [2.05, 4.69) is 9.97 Å². The Morgan fingerprint density at radius 2 is 2.06 bits per heavy atom. The van der Waals surface area contributed by atoms with E-state index in [1.54, 1.807) is 11.3 Å². The molecule has 0 radical (unpaired) electrons. The van der Waals surface area contributed by atoms with Crippen LogP contribution in [-0.4, -0.2) is 9.97 Å². The van der Waals surface area contributed by atoms with E-state index >= 15 is 0 Å². The summed E-state index contributed by atoms with van der Waals surface area (Å²) in [5.74, 6) is 0.745. The smallest absolute Gasteiger partial charge is 0.136 e. The molecule has 0 atom stereocenters. The predicted octanol–water partition coefficient (Wildman–Crippen LogP) is 4.38. The molecule has 84 valence electrons. The lowest BCUT2D eigenvalue weighted by Crippen LogP contribution is -1.98. The van der Waals surface area contributed by atoms with E-state index in [1.807, 2.05) is 25.3 Å². The van der Waals surface area contributed by atoms with Gasteiger partial charge in [-0.1, -0.05) is 30.1 Å². The highest BCUT2D eigenvalue weighted by Crippen LogP contribution is 2.35. The fraction of sp³-hybridized carbons (Fsp3) is 0.273. The largest absolute Gasteiger partial charge is 0.232 e. The van der Waals surface area contributed by atoms with Gasteiger partial charge >= 0.3 is 0 Å². The van der Waals surface area contributed by atoms with Crippen molar-refractivity contribution in [3.8, 4) is 10.6 Å². The van der Waals surface area contributed by atoms with Gasteiger partial charge in [-0.3, -0.25) is 0 Å². The van der Waals surface area contributed by atoms with Crippen LogP contribution in [0.2, 0.25) is 10.2 Å². The molecule has 0 saturated heterocycles. The summed E-state index contributed by atoms with van der Waals surface area (Å²) in [6.45, 7) is 3.91.